The molecule has 0 unspecified atom stereocenters. The van der Waals surface area contributed by atoms with Crippen molar-refractivity contribution in [1.82, 2.24) is 4.98 Å². The third-order valence-corrected chi connectivity index (χ3v) is 2.06. The summed E-state index contributed by atoms with van der Waals surface area (Å²) in [7, 11) is 0. The summed E-state index contributed by atoms with van der Waals surface area (Å²) in [4.78, 5) is 14.2. The number of nitrogens with zero attached hydrogens (tertiary/aromatic N) is 1. The molecule has 0 aliphatic carbocycles. The molecule has 2 heterocycles. The molecule has 1 N–H and O–H groups in total. The second-order valence-corrected chi connectivity index (χ2v) is 3.00. The first-order valence-electron chi connectivity index (χ1n) is 4.21. The molecule has 1 aromatic rings. The van der Waals surface area contributed by atoms with Crippen LogP contribution in [0.3, 0.4) is 0 Å². The Labute approximate surface area is 80.3 Å². The lowest BCUT2D eigenvalue weighted by Crippen LogP contribution is -2.26. The van der Waals surface area contributed by atoms with Crippen LogP contribution >= 0.6 is 0 Å². The molecular weight excluding hydrogens is 186 g/mol. The lowest BCUT2D eigenvalue weighted by atomic mass is 9.99. The minimum Gasteiger partial charge on any atom is -0.449 e. The second kappa shape index (κ2) is 3.63. The van der Waals surface area contributed by atoms with Crippen LogP contribution in [0.4, 0.5) is 4.79 Å². The first-order valence-corrected chi connectivity index (χ1v) is 4.21. The van der Waals surface area contributed by atoms with Gasteiger partial charge in [-0.3, -0.25) is 0 Å². The van der Waals surface area contributed by atoms with Gasteiger partial charge in [0, 0.05) is 17.7 Å². The van der Waals surface area contributed by atoms with Crippen molar-refractivity contribution in [2.45, 2.75) is 5.92 Å². The highest BCUT2D eigenvalue weighted by Gasteiger charge is 2.25. The summed E-state index contributed by atoms with van der Waals surface area (Å²) >= 11 is 0. The predicted molar refractivity (Wildman–Crippen MR) is 46.4 cm³/mol. The predicted octanol–water partition coefficient (Wildman–Crippen LogP) is 1.25. The van der Waals surface area contributed by atoms with Crippen LogP contribution in [0.5, 0.6) is 5.88 Å². The lowest BCUT2D eigenvalue weighted by Gasteiger charge is -2.26. The second-order valence-electron chi connectivity index (χ2n) is 3.00. The molecule has 0 spiro atoms. The minimum atomic E-state index is -1.34. The Morgan fingerprint density at radius 1 is 1.64 bits per heavy atom. The summed E-state index contributed by atoms with van der Waals surface area (Å²) in [5, 5.41) is 8.47. The van der Waals surface area contributed by atoms with E-state index in [0.29, 0.717) is 13.2 Å². The van der Waals surface area contributed by atoms with Crippen molar-refractivity contribution in [3.63, 3.8) is 0 Å². The minimum absolute atomic E-state index is 0.160. The Morgan fingerprint density at radius 2 is 2.43 bits per heavy atom. The Bertz CT molecular complexity index is 348. The van der Waals surface area contributed by atoms with Gasteiger partial charge in [0.2, 0.25) is 5.88 Å². The molecule has 0 aromatic carbocycles. The Kier molecular flexibility index (Phi) is 2.32. The summed E-state index contributed by atoms with van der Waals surface area (Å²) in [5.74, 6) is 0.367. The maximum absolute atomic E-state index is 10.4. The number of carbonyl (C=O) groups is 1. The largest absolute Gasteiger partial charge is 0.512 e. The quantitative estimate of drug-likeness (QED) is 0.719. The molecule has 2 rings (SSSR count). The third-order valence-electron chi connectivity index (χ3n) is 2.06. The van der Waals surface area contributed by atoms with Gasteiger partial charge >= 0.3 is 6.16 Å². The van der Waals surface area contributed by atoms with E-state index in [4.69, 9.17) is 9.84 Å². The van der Waals surface area contributed by atoms with Gasteiger partial charge < -0.3 is 14.6 Å². The average Bonchev–Trinajstić information content (AvgIpc) is 2.04. The van der Waals surface area contributed by atoms with Crippen LogP contribution in [0.1, 0.15) is 11.5 Å². The van der Waals surface area contributed by atoms with E-state index in [1.807, 2.05) is 0 Å². The van der Waals surface area contributed by atoms with E-state index in [1.165, 1.54) is 6.20 Å². The van der Waals surface area contributed by atoms with Crippen molar-refractivity contribution in [2.24, 2.45) is 0 Å². The number of carboxylic acid groups (broad SMARTS) is 1. The van der Waals surface area contributed by atoms with Gasteiger partial charge in [-0.1, -0.05) is 6.07 Å². The van der Waals surface area contributed by atoms with Gasteiger partial charge in [0.25, 0.3) is 0 Å². The van der Waals surface area contributed by atoms with Gasteiger partial charge in [0.15, 0.2) is 0 Å². The molecule has 1 aliphatic rings. The van der Waals surface area contributed by atoms with Gasteiger partial charge in [-0.25, -0.2) is 9.78 Å². The maximum Gasteiger partial charge on any atom is 0.512 e. The standard InChI is InChI=1S/C9H9NO4/c11-9(12)14-8-7(2-1-3-10-8)6-4-13-5-6/h1-3,6H,4-5H2,(H,11,12). The van der Waals surface area contributed by atoms with Crippen LogP contribution in [-0.2, 0) is 4.74 Å². The van der Waals surface area contributed by atoms with E-state index >= 15 is 0 Å². The fourth-order valence-corrected chi connectivity index (χ4v) is 1.30. The highest BCUT2D eigenvalue weighted by molar-refractivity contribution is 5.61. The molecule has 0 saturated carbocycles. The van der Waals surface area contributed by atoms with Crippen molar-refractivity contribution < 1.29 is 19.4 Å². The first kappa shape index (κ1) is 8.96. The molecule has 0 radical (unpaired) electrons. The Balaban J connectivity index is 2.23. The molecule has 74 valence electrons. The van der Waals surface area contributed by atoms with Crippen LogP contribution in [-0.4, -0.2) is 29.5 Å². The van der Waals surface area contributed by atoms with Crippen LogP contribution in [0, 0.1) is 0 Å². The molecule has 5 nitrogen and oxygen atoms in total. The van der Waals surface area contributed by atoms with Crippen molar-refractivity contribution in [1.29, 1.82) is 0 Å². The molecule has 0 atom stereocenters. The summed E-state index contributed by atoms with van der Waals surface area (Å²) in [6, 6.07) is 3.56. The van der Waals surface area contributed by atoms with Crippen molar-refractivity contribution in [3.05, 3.63) is 23.9 Å². The van der Waals surface area contributed by atoms with E-state index in [2.05, 4.69) is 9.72 Å². The molecule has 1 saturated heterocycles. The van der Waals surface area contributed by atoms with E-state index in [0.717, 1.165) is 5.56 Å². The summed E-state index contributed by atoms with van der Waals surface area (Å²) in [6.45, 7) is 1.20. The van der Waals surface area contributed by atoms with Crippen molar-refractivity contribution in [2.75, 3.05) is 13.2 Å². The Morgan fingerprint density at radius 3 is 3.00 bits per heavy atom. The molecule has 1 fully saturated rings. The monoisotopic (exact) mass is 195 g/mol. The number of rotatable bonds is 2. The summed E-state index contributed by atoms with van der Waals surface area (Å²) < 4.78 is 9.57. The van der Waals surface area contributed by atoms with Crippen LogP contribution < -0.4 is 4.74 Å². The smallest absolute Gasteiger partial charge is 0.449 e. The van der Waals surface area contributed by atoms with Gasteiger partial charge in [0.05, 0.1) is 13.2 Å². The zero-order valence-corrected chi connectivity index (χ0v) is 7.34. The topological polar surface area (TPSA) is 68.7 Å². The first-order chi connectivity index (χ1) is 6.77. The highest BCUT2D eigenvalue weighted by Crippen LogP contribution is 2.29. The molecule has 14 heavy (non-hydrogen) atoms. The fraction of sp³-hybridized carbons (Fsp3) is 0.333. The normalized spacial score (nSPS) is 16.0. The van der Waals surface area contributed by atoms with Crippen LogP contribution in [0.25, 0.3) is 0 Å². The summed E-state index contributed by atoms with van der Waals surface area (Å²) in [5.41, 5.74) is 0.793. The third kappa shape index (κ3) is 1.67. The van der Waals surface area contributed by atoms with E-state index < -0.39 is 6.16 Å². The number of hydrogen-bond donors (Lipinski definition) is 1. The zero-order chi connectivity index (χ0) is 9.97. The highest BCUT2D eigenvalue weighted by atomic mass is 16.7. The zero-order valence-electron chi connectivity index (χ0n) is 7.34. The summed E-state index contributed by atoms with van der Waals surface area (Å²) in [6.07, 6.45) is 0.159. The van der Waals surface area contributed by atoms with E-state index in [-0.39, 0.29) is 11.8 Å². The van der Waals surface area contributed by atoms with Gasteiger partial charge in [-0.2, -0.15) is 0 Å². The maximum atomic E-state index is 10.4. The van der Waals surface area contributed by atoms with Gasteiger partial charge in [-0.05, 0) is 6.07 Å². The number of ether oxygens (including phenoxy) is 2. The number of hydrogen-bond acceptors (Lipinski definition) is 4. The SMILES string of the molecule is O=C(O)Oc1ncccc1C1COC1. The molecule has 1 aliphatic heterocycles. The van der Waals surface area contributed by atoms with Crippen molar-refractivity contribution >= 4 is 6.16 Å². The van der Waals surface area contributed by atoms with Crippen LogP contribution in [0.2, 0.25) is 0 Å². The van der Waals surface area contributed by atoms with Gasteiger partial charge in [0.1, 0.15) is 0 Å². The molecule has 0 amide bonds. The van der Waals surface area contributed by atoms with Crippen LogP contribution in [0.15, 0.2) is 18.3 Å². The lowest BCUT2D eigenvalue weighted by molar-refractivity contribution is 0.00715. The van der Waals surface area contributed by atoms with Gasteiger partial charge in [-0.15, -0.1) is 0 Å². The molecular formula is C9H9NO4. The fourth-order valence-electron chi connectivity index (χ4n) is 1.30. The van der Waals surface area contributed by atoms with Crippen molar-refractivity contribution in [3.8, 4) is 5.88 Å². The molecule has 5 heteroatoms. The van der Waals surface area contributed by atoms with E-state index in [1.54, 1.807) is 12.1 Å². The van der Waals surface area contributed by atoms with E-state index in [9.17, 15) is 4.79 Å². The number of pyridine rings is 1. The average molecular weight is 195 g/mol. The molecule has 1 aromatic heterocycles. The number of aromatic nitrogens is 1. The Hall–Kier alpha value is -1.62. The molecule has 0 bridgehead atoms.